The monoisotopic (exact) mass is 467 g/mol. The summed E-state index contributed by atoms with van der Waals surface area (Å²) in [6.07, 6.45) is 6.66. The lowest BCUT2D eigenvalue weighted by Crippen LogP contribution is -2.50. The van der Waals surface area contributed by atoms with E-state index in [-0.39, 0.29) is 36.3 Å². The van der Waals surface area contributed by atoms with Gasteiger partial charge in [-0.1, -0.05) is 13.0 Å². The number of rotatable bonds is 8. The van der Waals surface area contributed by atoms with Crippen LogP contribution in [-0.4, -0.2) is 82.1 Å². The molecule has 2 aliphatic rings. The molecule has 1 aliphatic heterocycles. The highest BCUT2D eigenvalue weighted by Crippen LogP contribution is 2.35. The van der Waals surface area contributed by atoms with Gasteiger partial charge < -0.3 is 25.0 Å². The summed E-state index contributed by atoms with van der Waals surface area (Å²) in [5.74, 6) is 0.433. The normalized spacial score (nSPS) is 21.3. The SMILES string of the molecule is C[C@@H]1CN([C@@H](C)CO)C(=O)c2cccc(NC(=O)c3cnccn3)c2O[C@@H]1CN(C)CC1CC1. The van der Waals surface area contributed by atoms with Crippen LogP contribution in [0.2, 0.25) is 0 Å². The van der Waals surface area contributed by atoms with Gasteiger partial charge in [0, 0.05) is 37.9 Å². The number of benzene rings is 1. The molecule has 0 radical (unpaired) electrons. The second-order valence-electron chi connectivity index (χ2n) is 9.51. The van der Waals surface area contributed by atoms with Gasteiger partial charge in [-0.3, -0.25) is 14.6 Å². The largest absolute Gasteiger partial charge is 0.486 e. The van der Waals surface area contributed by atoms with Crippen molar-refractivity contribution in [1.82, 2.24) is 19.8 Å². The minimum absolute atomic E-state index is 0.0106. The molecule has 0 unspecified atom stereocenters. The average molecular weight is 468 g/mol. The van der Waals surface area contributed by atoms with Crippen LogP contribution < -0.4 is 10.1 Å². The molecular weight excluding hydrogens is 434 g/mol. The second-order valence-corrected chi connectivity index (χ2v) is 9.51. The van der Waals surface area contributed by atoms with Crippen LogP contribution in [-0.2, 0) is 0 Å². The Morgan fingerprint density at radius 2 is 2.12 bits per heavy atom. The first-order valence-corrected chi connectivity index (χ1v) is 11.8. The minimum atomic E-state index is -0.435. The summed E-state index contributed by atoms with van der Waals surface area (Å²) in [5.41, 5.74) is 0.933. The quantitative estimate of drug-likeness (QED) is 0.613. The van der Waals surface area contributed by atoms with Crippen molar-refractivity contribution in [3.05, 3.63) is 48.0 Å². The highest BCUT2D eigenvalue weighted by molar-refractivity contribution is 6.06. The summed E-state index contributed by atoms with van der Waals surface area (Å²) in [4.78, 5) is 38.3. The predicted molar refractivity (Wildman–Crippen MR) is 128 cm³/mol. The molecule has 2 N–H and O–H groups in total. The minimum Gasteiger partial charge on any atom is -0.486 e. The van der Waals surface area contributed by atoms with Crippen molar-refractivity contribution in [2.45, 2.75) is 38.8 Å². The summed E-state index contributed by atoms with van der Waals surface area (Å²) >= 11 is 0. The maximum atomic E-state index is 13.5. The predicted octanol–water partition coefficient (Wildman–Crippen LogP) is 2.29. The van der Waals surface area contributed by atoms with Gasteiger partial charge in [-0.05, 0) is 44.9 Å². The molecule has 1 fully saturated rings. The summed E-state index contributed by atoms with van der Waals surface area (Å²) in [7, 11) is 2.09. The van der Waals surface area contributed by atoms with Crippen molar-refractivity contribution in [2.24, 2.45) is 11.8 Å². The first-order chi connectivity index (χ1) is 16.4. The Kier molecular flexibility index (Phi) is 7.43. The van der Waals surface area contributed by atoms with Crippen LogP contribution in [0.4, 0.5) is 5.69 Å². The number of aliphatic hydroxyl groups excluding tert-OH is 1. The zero-order chi connectivity index (χ0) is 24.2. The van der Waals surface area contributed by atoms with E-state index in [0.717, 1.165) is 12.5 Å². The van der Waals surface area contributed by atoms with Crippen LogP contribution >= 0.6 is 0 Å². The summed E-state index contributed by atoms with van der Waals surface area (Å²) < 4.78 is 6.52. The molecule has 3 atom stereocenters. The number of amides is 2. The Morgan fingerprint density at radius 1 is 1.32 bits per heavy atom. The van der Waals surface area contributed by atoms with Crippen LogP contribution in [0.3, 0.4) is 0 Å². The fraction of sp³-hybridized carbons (Fsp3) is 0.520. The van der Waals surface area contributed by atoms with Crippen LogP contribution in [0, 0.1) is 11.8 Å². The fourth-order valence-corrected chi connectivity index (χ4v) is 4.29. The van der Waals surface area contributed by atoms with Gasteiger partial charge in [0.25, 0.3) is 11.8 Å². The number of carbonyl (C=O) groups excluding carboxylic acids is 2. The van der Waals surface area contributed by atoms with E-state index in [0.29, 0.717) is 30.1 Å². The number of aromatic nitrogens is 2. The van der Waals surface area contributed by atoms with Crippen LogP contribution in [0.15, 0.2) is 36.8 Å². The van der Waals surface area contributed by atoms with E-state index in [9.17, 15) is 14.7 Å². The maximum Gasteiger partial charge on any atom is 0.275 e. The van der Waals surface area contributed by atoms with Crippen LogP contribution in [0.5, 0.6) is 5.75 Å². The molecule has 34 heavy (non-hydrogen) atoms. The number of hydrogen-bond acceptors (Lipinski definition) is 7. The molecule has 1 aromatic heterocycles. The van der Waals surface area contributed by atoms with Crippen molar-refractivity contribution in [3.8, 4) is 5.75 Å². The van der Waals surface area contributed by atoms with Crippen molar-refractivity contribution < 1.29 is 19.4 Å². The molecule has 9 nitrogen and oxygen atoms in total. The highest BCUT2D eigenvalue weighted by atomic mass is 16.5. The molecule has 2 aromatic rings. The third kappa shape index (κ3) is 5.53. The Bertz CT molecular complexity index is 1010. The second kappa shape index (κ2) is 10.5. The van der Waals surface area contributed by atoms with Crippen molar-refractivity contribution in [1.29, 1.82) is 0 Å². The Balaban J connectivity index is 1.68. The van der Waals surface area contributed by atoms with E-state index in [1.54, 1.807) is 23.1 Å². The van der Waals surface area contributed by atoms with Crippen molar-refractivity contribution in [2.75, 3.05) is 38.6 Å². The molecule has 0 saturated heterocycles. The number of aliphatic hydroxyl groups is 1. The molecule has 1 saturated carbocycles. The number of anilines is 1. The summed E-state index contributed by atoms with van der Waals surface area (Å²) in [6, 6.07) is 4.79. The maximum absolute atomic E-state index is 13.5. The van der Waals surface area contributed by atoms with Crippen molar-refractivity contribution in [3.63, 3.8) is 0 Å². The van der Waals surface area contributed by atoms with Gasteiger partial charge in [0.1, 0.15) is 11.8 Å². The molecule has 0 spiro atoms. The lowest BCUT2D eigenvalue weighted by Gasteiger charge is -2.38. The Labute approximate surface area is 200 Å². The molecular formula is C25H33N5O4. The Morgan fingerprint density at radius 3 is 2.79 bits per heavy atom. The number of nitrogens with zero attached hydrogens (tertiary/aromatic N) is 4. The van der Waals surface area contributed by atoms with Gasteiger partial charge in [0.05, 0.1) is 30.1 Å². The van der Waals surface area contributed by atoms with Gasteiger partial charge in [-0.25, -0.2) is 4.98 Å². The van der Waals surface area contributed by atoms with Gasteiger partial charge in [0.2, 0.25) is 0 Å². The number of nitrogens with one attached hydrogen (secondary N) is 1. The molecule has 4 rings (SSSR count). The number of fused-ring (bicyclic) bond motifs is 1. The Hall–Kier alpha value is -3.04. The zero-order valence-corrected chi connectivity index (χ0v) is 20.0. The smallest absolute Gasteiger partial charge is 0.275 e. The van der Waals surface area contributed by atoms with Gasteiger partial charge in [-0.2, -0.15) is 0 Å². The number of para-hydroxylation sites is 1. The van der Waals surface area contributed by atoms with Gasteiger partial charge in [-0.15, -0.1) is 0 Å². The summed E-state index contributed by atoms with van der Waals surface area (Å²) in [5, 5.41) is 12.7. The number of ether oxygens (including phenoxy) is 1. The lowest BCUT2D eigenvalue weighted by atomic mass is 9.99. The lowest BCUT2D eigenvalue weighted by molar-refractivity contribution is 0.0345. The molecule has 0 bridgehead atoms. The zero-order valence-electron chi connectivity index (χ0n) is 20.0. The fourth-order valence-electron chi connectivity index (χ4n) is 4.29. The van der Waals surface area contributed by atoms with E-state index < -0.39 is 5.91 Å². The third-order valence-corrected chi connectivity index (χ3v) is 6.49. The van der Waals surface area contributed by atoms with Crippen LogP contribution in [0.25, 0.3) is 0 Å². The molecule has 2 amide bonds. The number of carbonyl (C=O) groups is 2. The first-order valence-electron chi connectivity index (χ1n) is 11.8. The van der Waals surface area contributed by atoms with E-state index in [1.807, 2.05) is 6.92 Å². The average Bonchev–Trinajstić information content (AvgIpc) is 3.65. The molecule has 9 heteroatoms. The standard InChI is InChI=1S/C25H33N5O4/c1-16-12-30(17(2)15-31)25(33)19-5-4-6-20(28-24(32)21-11-26-9-10-27-21)23(19)34-22(16)14-29(3)13-18-7-8-18/h4-6,9-11,16-18,22,31H,7-8,12-15H2,1-3H3,(H,28,32)/t16-,17+,22-/m1/s1. The number of likely N-dealkylation sites (N-methyl/N-ethyl adjacent to an activating group) is 1. The first kappa shape index (κ1) is 24.1. The highest BCUT2D eigenvalue weighted by Gasteiger charge is 2.35. The van der Waals surface area contributed by atoms with E-state index >= 15 is 0 Å². The van der Waals surface area contributed by atoms with E-state index in [2.05, 4.69) is 34.2 Å². The third-order valence-electron chi connectivity index (χ3n) is 6.49. The summed E-state index contributed by atoms with van der Waals surface area (Å²) in [6.45, 7) is 5.94. The van der Waals surface area contributed by atoms with E-state index in [4.69, 9.17) is 4.74 Å². The number of hydrogen-bond donors (Lipinski definition) is 2. The van der Waals surface area contributed by atoms with E-state index in [1.165, 1.54) is 31.4 Å². The molecule has 2 heterocycles. The molecule has 182 valence electrons. The molecule has 1 aliphatic carbocycles. The molecule has 1 aromatic carbocycles. The van der Waals surface area contributed by atoms with Gasteiger partial charge in [0.15, 0.2) is 5.75 Å². The topological polar surface area (TPSA) is 108 Å². The van der Waals surface area contributed by atoms with Gasteiger partial charge >= 0.3 is 0 Å². The van der Waals surface area contributed by atoms with Crippen LogP contribution in [0.1, 0.15) is 47.5 Å². The van der Waals surface area contributed by atoms with Crippen molar-refractivity contribution >= 4 is 17.5 Å².